The molecule has 0 saturated heterocycles. The normalized spacial score (nSPS) is 14.0. The number of phosphoric acid groups is 2. The van der Waals surface area contributed by atoms with Gasteiger partial charge in [0, 0.05) is 25.7 Å². The molecule has 0 saturated carbocycles. The Kier molecular flexibility index (Phi) is 69.0. The number of ether oxygens (including phenoxy) is 4. The number of aliphatic hydroxyl groups is 1. The molecule has 0 rings (SSSR count). The summed E-state index contributed by atoms with van der Waals surface area (Å²) >= 11 is 0. The number of carbonyl (C=O) groups is 4. The first-order chi connectivity index (χ1) is 47.7. The van der Waals surface area contributed by atoms with Crippen molar-refractivity contribution >= 4 is 39.5 Å². The maximum absolute atomic E-state index is 13.1. The van der Waals surface area contributed by atoms with Crippen molar-refractivity contribution in [2.45, 2.75) is 433 Å². The van der Waals surface area contributed by atoms with Crippen LogP contribution < -0.4 is 0 Å². The molecule has 0 amide bonds. The van der Waals surface area contributed by atoms with Crippen molar-refractivity contribution in [1.29, 1.82) is 0 Å². The third-order valence-corrected chi connectivity index (χ3v) is 20.5. The predicted octanol–water partition coefficient (Wildman–Crippen LogP) is 23.7. The monoisotopic (exact) mass is 1450 g/mol. The van der Waals surface area contributed by atoms with E-state index in [0.29, 0.717) is 25.7 Å². The van der Waals surface area contributed by atoms with Crippen LogP contribution in [-0.2, 0) is 65.4 Å². The van der Waals surface area contributed by atoms with Gasteiger partial charge in [-0.2, -0.15) is 0 Å². The number of hydrogen-bond donors (Lipinski definition) is 3. The van der Waals surface area contributed by atoms with Crippen LogP contribution in [0.1, 0.15) is 414 Å². The predicted molar refractivity (Wildman–Crippen MR) is 405 cm³/mol. The molecule has 0 aliphatic heterocycles. The second kappa shape index (κ2) is 70.4. The van der Waals surface area contributed by atoms with Crippen molar-refractivity contribution in [1.82, 2.24) is 0 Å². The van der Waals surface area contributed by atoms with Crippen LogP contribution in [0, 0.1) is 17.8 Å². The first-order valence-electron chi connectivity index (χ1n) is 41.3. The maximum atomic E-state index is 13.1. The molecule has 0 aromatic rings. The average molecular weight is 1450 g/mol. The number of aliphatic hydroxyl groups excluding tert-OH is 1. The Balaban J connectivity index is 5.26. The summed E-state index contributed by atoms with van der Waals surface area (Å²) in [6.45, 7) is 11.9. The number of unbranched alkanes of at least 4 members (excludes halogenated alkanes) is 46. The Hall–Kier alpha value is -1.94. The van der Waals surface area contributed by atoms with Crippen LogP contribution in [0.3, 0.4) is 0 Å². The van der Waals surface area contributed by atoms with Crippen molar-refractivity contribution < 1.29 is 80.2 Å². The third-order valence-electron chi connectivity index (χ3n) is 18.6. The smallest absolute Gasteiger partial charge is 0.462 e. The highest BCUT2D eigenvalue weighted by Gasteiger charge is 2.30. The topological polar surface area (TPSA) is 237 Å². The highest BCUT2D eigenvalue weighted by atomic mass is 31.2. The summed E-state index contributed by atoms with van der Waals surface area (Å²) in [4.78, 5) is 73.0. The molecule has 588 valence electrons. The average Bonchev–Trinajstić information content (AvgIpc) is 1.15. The Morgan fingerprint density at radius 1 is 0.273 bits per heavy atom. The first-order valence-corrected chi connectivity index (χ1v) is 44.3. The van der Waals surface area contributed by atoms with Crippen molar-refractivity contribution in [2.24, 2.45) is 17.8 Å². The van der Waals surface area contributed by atoms with Gasteiger partial charge in [0.25, 0.3) is 0 Å². The van der Waals surface area contributed by atoms with Crippen molar-refractivity contribution in [3.05, 3.63) is 0 Å². The molecule has 17 nitrogen and oxygen atoms in total. The van der Waals surface area contributed by atoms with Crippen molar-refractivity contribution in [3.8, 4) is 0 Å². The van der Waals surface area contributed by atoms with Crippen LogP contribution in [0.4, 0.5) is 0 Å². The molecule has 0 radical (unpaired) electrons. The fraction of sp³-hybridized carbons (Fsp3) is 0.950. The van der Waals surface area contributed by atoms with Gasteiger partial charge in [0.2, 0.25) is 0 Å². The zero-order valence-corrected chi connectivity index (χ0v) is 66.8. The lowest BCUT2D eigenvalue weighted by molar-refractivity contribution is -0.161. The molecule has 0 spiro atoms. The number of rotatable bonds is 78. The van der Waals surface area contributed by atoms with Gasteiger partial charge >= 0.3 is 39.5 Å². The molecule has 5 atom stereocenters. The van der Waals surface area contributed by atoms with Gasteiger partial charge in [-0.05, 0) is 43.4 Å². The summed E-state index contributed by atoms with van der Waals surface area (Å²) in [5.41, 5.74) is 0. The maximum Gasteiger partial charge on any atom is 0.472 e. The van der Waals surface area contributed by atoms with Gasteiger partial charge < -0.3 is 33.8 Å². The van der Waals surface area contributed by atoms with E-state index in [1.165, 1.54) is 225 Å². The van der Waals surface area contributed by atoms with Crippen molar-refractivity contribution in [3.63, 3.8) is 0 Å². The number of esters is 4. The van der Waals surface area contributed by atoms with Crippen LogP contribution >= 0.6 is 15.6 Å². The summed E-state index contributed by atoms with van der Waals surface area (Å²) in [6.07, 6.45) is 58.2. The van der Waals surface area contributed by atoms with Gasteiger partial charge in [-0.25, -0.2) is 9.13 Å². The van der Waals surface area contributed by atoms with Crippen LogP contribution in [-0.4, -0.2) is 96.7 Å². The van der Waals surface area contributed by atoms with Gasteiger partial charge in [-0.3, -0.25) is 37.3 Å². The Bertz CT molecular complexity index is 1920. The molecule has 2 unspecified atom stereocenters. The Labute approximate surface area is 607 Å². The molecule has 0 aromatic heterocycles. The van der Waals surface area contributed by atoms with E-state index in [0.717, 1.165) is 108 Å². The zero-order valence-electron chi connectivity index (χ0n) is 65.0. The van der Waals surface area contributed by atoms with Crippen LogP contribution in [0.2, 0.25) is 0 Å². The minimum absolute atomic E-state index is 0.106. The van der Waals surface area contributed by atoms with Crippen LogP contribution in [0.25, 0.3) is 0 Å². The summed E-state index contributed by atoms with van der Waals surface area (Å²) in [6, 6.07) is 0. The van der Waals surface area contributed by atoms with Crippen LogP contribution in [0.5, 0.6) is 0 Å². The molecule has 0 aliphatic carbocycles. The molecular weight excluding hydrogens is 1290 g/mol. The summed E-state index contributed by atoms with van der Waals surface area (Å²) in [7, 11) is -9.92. The minimum atomic E-state index is -4.96. The highest BCUT2D eigenvalue weighted by Crippen LogP contribution is 2.45. The molecule has 0 aromatic carbocycles. The number of phosphoric ester groups is 2. The largest absolute Gasteiger partial charge is 0.472 e. The second-order valence-electron chi connectivity index (χ2n) is 30.2. The molecule has 0 heterocycles. The van der Waals surface area contributed by atoms with Gasteiger partial charge in [0.05, 0.1) is 26.4 Å². The van der Waals surface area contributed by atoms with E-state index in [2.05, 4.69) is 48.5 Å². The van der Waals surface area contributed by atoms with Gasteiger partial charge in [-0.1, -0.05) is 363 Å². The molecule has 3 N–H and O–H groups in total. The van der Waals surface area contributed by atoms with E-state index in [4.69, 9.17) is 37.0 Å². The summed E-state index contributed by atoms with van der Waals surface area (Å²) in [5.74, 6) is 0.201. The van der Waals surface area contributed by atoms with E-state index in [1.807, 2.05) is 0 Å². The summed E-state index contributed by atoms with van der Waals surface area (Å²) < 4.78 is 68.7. The molecule has 99 heavy (non-hydrogen) atoms. The highest BCUT2D eigenvalue weighted by molar-refractivity contribution is 7.47. The van der Waals surface area contributed by atoms with E-state index in [1.54, 1.807) is 0 Å². The van der Waals surface area contributed by atoms with Gasteiger partial charge in [-0.15, -0.1) is 0 Å². The van der Waals surface area contributed by atoms with Crippen molar-refractivity contribution in [2.75, 3.05) is 39.6 Å². The standard InChI is InChI=1S/C80H156O17P2/c1-8-9-10-11-12-13-14-15-17-21-26-33-40-47-54-61-77(82)90-67-75(96-79(84)63-56-49-42-34-27-22-19-16-18-20-24-30-37-44-51-58-71(2)3)69-94-98(86,87)92-65-74(81)66-93-99(88,89)95-70-76(68-91-78(83)62-55-48-41-36-29-32-39-46-53-60-73(6)7)97-80(85)64-57-50-43-35-28-23-25-31-38-45-52-59-72(4)5/h71-76,81H,8-70H2,1-7H3,(H,86,87)(H,88,89)/t74-,75-,76-/m1/s1. The lowest BCUT2D eigenvalue weighted by Gasteiger charge is -2.21. The number of hydrogen-bond acceptors (Lipinski definition) is 15. The van der Waals surface area contributed by atoms with E-state index >= 15 is 0 Å². The second-order valence-corrected chi connectivity index (χ2v) is 33.1. The fourth-order valence-electron chi connectivity index (χ4n) is 12.3. The molecule has 19 heteroatoms. The quantitative estimate of drug-likeness (QED) is 0.0222. The molecule has 0 aliphatic rings. The first kappa shape index (κ1) is 97.1. The number of carbonyl (C=O) groups excluding carboxylic acids is 4. The third kappa shape index (κ3) is 74.1. The van der Waals surface area contributed by atoms with Crippen LogP contribution in [0.15, 0.2) is 0 Å². The fourth-order valence-corrected chi connectivity index (χ4v) is 13.9. The molecular formula is C80H156O17P2. The molecule has 0 fully saturated rings. The lowest BCUT2D eigenvalue weighted by Crippen LogP contribution is -2.30. The van der Waals surface area contributed by atoms with Gasteiger partial charge in [0.15, 0.2) is 12.2 Å². The molecule has 0 bridgehead atoms. The van der Waals surface area contributed by atoms with E-state index < -0.39 is 97.5 Å². The zero-order chi connectivity index (χ0) is 73.0. The lowest BCUT2D eigenvalue weighted by atomic mass is 10.0. The van der Waals surface area contributed by atoms with E-state index in [-0.39, 0.29) is 25.7 Å². The minimum Gasteiger partial charge on any atom is -0.462 e. The Morgan fingerprint density at radius 3 is 0.687 bits per heavy atom. The Morgan fingerprint density at radius 2 is 0.465 bits per heavy atom. The SMILES string of the molecule is CCCCCCCCCCCCCCCCCC(=O)OC[C@H](COP(=O)(O)OC[C@@H](O)COP(=O)(O)OC[C@@H](COC(=O)CCCCCCCCCCCC(C)C)OC(=O)CCCCCCCCCCCCCC(C)C)OC(=O)CCCCCCCCCCCCCCCCCC(C)C. The van der Waals surface area contributed by atoms with E-state index in [9.17, 15) is 43.2 Å². The summed E-state index contributed by atoms with van der Waals surface area (Å²) in [5, 5.41) is 10.6. The van der Waals surface area contributed by atoms with Gasteiger partial charge in [0.1, 0.15) is 19.3 Å².